The molecule has 3 rings (SSSR count). The van der Waals surface area contributed by atoms with Crippen molar-refractivity contribution in [2.24, 2.45) is 17.2 Å². The first-order valence-electron chi connectivity index (χ1n) is 20.6. The highest BCUT2D eigenvalue weighted by Gasteiger charge is 2.44. The number of rotatable bonds is 27. The van der Waals surface area contributed by atoms with E-state index in [1.807, 2.05) is 0 Å². The van der Waals surface area contributed by atoms with E-state index in [-0.39, 0.29) is 39.1 Å². The molecule has 19 N–H and O–H groups in total. The maximum absolute atomic E-state index is 11.4. The summed E-state index contributed by atoms with van der Waals surface area (Å²) in [6.07, 6.45) is -13.7. The molecule has 9 unspecified atom stereocenters. The van der Waals surface area contributed by atoms with Crippen LogP contribution < -0.4 is 33.2 Å². The van der Waals surface area contributed by atoms with Crippen LogP contribution in [0.3, 0.4) is 0 Å². The van der Waals surface area contributed by atoms with E-state index in [1.54, 1.807) is 0 Å². The minimum absolute atomic E-state index is 0.0224. The zero-order valence-electron chi connectivity index (χ0n) is 36.2. The van der Waals surface area contributed by atoms with E-state index in [9.17, 15) is 59.7 Å². The fraction of sp³-hybridized carbons (Fsp3) is 0.763. The molecule has 3 saturated heterocycles. The minimum atomic E-state index is -1.58. The first-order chi connectivity index (χ1) is 31.2. The molecule has 3 aliphatic rings. The molecule has 382 valence electrons. The van der Waals surface area contributed by atoms with E-state index < -0.39 is 130 Å². The minimum Gasteiger partial charge on any atom is -0.479 e. The molecule has 1 amide bonds. The number of hydrogen-bond acceptors (Lipinski definition) is 26. The summed E-state index contributed by atoms with van der Waals surface area (Å²) < 4.78 is 36.4. The van der Waals surface area contributed by atoms with Crippen molar-refractivity contribution >= 4 is 30.7 Å². The molecule has 66 heavy (non-hydrogen) atoms. The molecule has 0 bridgehead atoms. The predicted octanol–water partition coefficient (Wildman–Crippen LogP) is -9.13. The van der Waals surface area contributed by atoms with Gasteiger partial charge in [-0.15, -0.1) is 0 Å². The summed E-state index contributed by atoms with van der Waals surface area (Å²) >= 11 is 0. The number of carboxylic acids is 1. The number of aliphatic carboxylic acids is 1. The van der Waals surface area contributed by atoms with E-state index in [0.717, 1.165) is 5.70 Å². The van der Waals surface area contributed by atoms with Crippen LogP contribution in [0.2, 0.25) is 0 Å². The normalized spacial score (nSPS) is 30.9. The van der Waals surface area contributed by atoms with Crippen molar-refractivity contribution in [1.82, 2.24) is 16.0 Å². The van der Waals surface area contributed by atoms with Gasteiger partial charge >= 0.3 is 5.97 Å². The summed E-state index contributed by atoms with van der Waals surface area (Å²) in [5.41, 5.74) is 17.2. The Morgan fingerprint density at radius 3 is 1.68 bits per heavy atom. The van der Waals surface area contributed by atoms with Gasteiger partial charge < -0.3 is 132 Å². The summed E-state index contributed by atoms with van der Waals surface area (Å²) in [7, 11) is 0. The molecule has 0 radical (unpaired) electrons. The number of hydrogen-bond donors (Lipinski definition) is 16. The van der Waals surface area contributed by atoms with Gasteiger partial charge in [-0.1, -0.05) is 13.2 Å². The zero-order valence-corrected chi connectivity index (χ0v) is 36.2. The molecule has 3 aliphatic heterocycles. The van der Waals surface area contributed by atoms with Crippen LogP contribution in [0, 0.1) is 0 Å². The lowest BCUT2D eigenvalue weighted by Crippen LogP contribution is -2.59. The molecule has 28 heteroatoms. The monoisotopic (exact) mass is 960 g/mol. The Kier molecular flexibility index (Phi) is 30.0. The average Bonchev–Trinajstić information content (AvgIpc) is 3.30. The lowest BCUT2D eigenvalue weighted by molar-refractivity contribution is -0.299. The van der Waals surface area contributed by atoms with Gasteiger partial charge in [0.15, 0.2) is 25.0 Å². The molecule has 0 aromatic rings. The van der Waals surface area contributed by atoms with Crippen LogP contribution in [0.25, 0.3) is 0 Å². The van der Waals surface area contributed by atoms with E-state index >= 15 is 0 Å². The van der Waals surface area contributed by atoms with Crippen LogP contribution in [-0.2, 0) is 57.1 Å². The number of amides is 1. The quantitative estimate of drug-likeness (QED) is 0.0268. The van der Waals surface area contributed by atoms with Crippen molar-refractivity contribution in [2.45, 2.75) is 117 Å². The summed E-state index contributed by atoms with van der Waals surface area (Å²) in [6, 6.07) is -2.05. The summed E-state index contributed by atoms with van der Waals surface area (Å²) in [5, 5.41) is 102. The number of nitrogens with one attached hydrogen (secondary N) is 3. The Balaban J connectivity index is 0.000000497. The Labute approximate surface area is 379 Å². The number of aldehydes is 3. The van der Waals surface area contributed by atoms with Crippen molar-refractivity contribution in [3.05, 3.63) is 24.6 Å². The molecule has 0 aromatic carbocycles. The fourth-order valence-electron chi connectivity index (χ4n) is 5.51. The van der Waals surface area contributed by atoms with Crippen LogP contribution in [0.1, 0.15) is 19.3 Å². The number of carboxylic acid groups (broad SMARTS) is 1. The van der Waals surface area contributed by atoms with Gasteiger partial charge in [-0.25, -0.2) is 4.79 Å². The molecular formula is C38H68N6O22. The summed E-state index contributed by atoms with van der Waals surface area (Å²) in [5.74, 6) is -1.99. The second kappa shape index (κ2) is 32.9. The Bertz CT molecular complexity index is 1460. The number of carbonyl (C=O) groups excluding carboxylic acids is 4. The van der Waals surface area contributed by atoms with Crippen molar-refractivity contribution < 1.29 is 108 Å². The molecule has 0 aliphatic carbocycles. The largest absolute Gasteiger partial charge is 0.479 e. The van der Waals surface area contributed by atoms with Gasteiger partial charge in [-0.3, -0.25) is 4.79 Å². The van der Waals surface area contributed by atoms with E-state index in [4.69, 9.17) is 65.7 Å². The zero-order chi connectivity index (χ0) is 49.9. The number of aliphatic hydroxyl groups excluding tert-OH is 9. The molecule has 28 nitrogen and oxygen atoms in total. The SMILES string of the molecule is C=C(CCOCCOC1C[C@@H](O)C(O)C(CO)O1)NC[C@H](N)C=O.C=C(COC1C[C@@H](O)C(O)C(C(=O)O)O1)NC[C@H](N)C=O.N[C@H](C=O)CNC(=O)COC1OC(CO)C(O)[C@H](O)[C@H]1O. The van der Waals surface area contributed by atoms with Crippen LogP contribution >= 0.6 is 0 Å². The van der Waals surface area contributed by atoms with Crippen LogP contribution in [0.5, 0.6) is 0 Å². The second-order valence-electron chi connectivity index (χ2n) is 14.9. The Morgan fingerprint density at radius 2 is 1.14 bits per heavy atom. The maximum Gasteiger partial charge on any atom is 0.335 e. The smallest absolute Gasteiger partial charge is 0.335 e. The highest BCUT2D eigenvalue weighted by atomic mass is 16.7. The lowest BCUT2D eigenvalue weighted by Gasteiger charge is -2.39. The van der Waals surface area contributed by atoms with E-state index in [1.165, 1.54) is 0 Å². The Morgan fingerprint density at radius 1 is 0.621 bits per heavy atom. The van der Waals surface area contributed by atoms with Gasteiger partial charge in [0.25, 0.3) is 0 Å². The van der Waals surface area contributed by atoms with Crippen molar-refractivity contribution in [2.75, 3.05) is 65.9 Å². The predicted molar refractivity (Wildman–Crippen MR) is 222 cm³/mol. The first kappa shape index (κ1) is 60.3. The van der Waals surface area contributed by atoms with Crippen molar-refractivity contribution in [3.63, 3.8) is 0 Å². The van der Waals surface area contributed by atoms with E-state index in [0.29, 0.717) is 50.7 Å². The molecule has 0 aromatic heterocycles. The highest BCUT2D eigenvalue weighted by Crippen LogP contribution is 2.23. The van der Waals surface area contributed by atoms with Gasteiger partial charge in [0.1, 0.15) is 68.2 Å². The molecule has 0 spiro atoms. The first-order valence-corrected chi connectivity index (χ1v) is 20.6. The molecule has 3 heterocycles. The highest BCUT2D eigenvalue weighted by molar-refractivity contribution is 5.77. The van der Waals surface area contributed by atoms with Gasteiger partial charge in [0.05, 0.1) is 70.0 Å². The van der Waals surface area contributed by atoms with Gasteiger partial charge in [0, 0.05) is 50.3 Å². The standard InChI is InChI=1S/C15H28N2O7.C12H20N2O7.C11H20N2O8/c1-10(17-7-11(16)8-18)2-3-22-4-5-23-14-6-12(20)15(21)13(9-19)24-14;1-6(14-3-7(13)4-15)5-20-9-2-8(16)10(17)11(21-9)12(18)19;12-5(2-14)1-13-7(16)4-20-11-10(19)9(18)8(17)6(3-15)21-11/h8,11-15,17,19-21H,1-7,9,16H2;4,7-11,14,16-17H,1-3,5,13H2,(H,18,19);2,5-6,8-11,15,17-19H,1,3-4,12H2,(H,13,16)/t11-,12+,13?,14?,15?;7-,8+,9?,10?,11?;5-,6?,8?,9-,10+,11?/m000/s1. The van der Waals surface area contributed by atoms with E-state index in [2.05, 4.69) is 29.1 Å². The lowest BCUT2D eigenvalue weighted by atomic mass is 9.99. The third kappa shape index (κ3) is 22.8. The maximum atomic E-state index is 11.4. The Hall–Kier alpha value is -3.73. The van der Waals surface area contributed by atoms with Crippen LogP contribution in [0.4, 0.5) is 0 Å². The molecule has 16 atom stereocenters. The van der Waals surface area contributed by atoms with Crippen molar-refractivity contribution in [1.29, 1.82) is 0 Å². The average molecular weight is 961 g/mol. The topological polar surface area (TPSA) is 466 Å². The van der Waals surface area contributed by atoms with Crippen LogP contribution in [0.15, 0.2) is 24.6 Å². The second-order valence-corrected chi connectivity index (χ2v) is 14.9. The molecule has 3 fully saturated rings. The number of ether oxygens (including phenoxy) is 7. The van der Waals surface area contributed by atoms with Gasteiger partial charge in [-0.2, -0.15) is 0 Å². The van der Waals surface area contributed by atoms with Crippen molar-refractivity contribution in [3.8, 4) is 0 Å². The number of carbonyl (C=O) groups is 5. The summed E-state index contributed by atoms with van der Waals surface area (Å²) in [4.78, 5) is 53.3. The third-order valence-corrected chi connectivity index (χ3v) is 9.38. The van der Waals surface area contributed by atoms with Gasteiger partial charge in [-0.05, 0) is 0 Å². The fourth-order valence-corrected chi connectivity index (χ4v) is 5.51. The summed E-state index contributed by atoms with van der Waals surface area (Å²) in [6.45, 7) is 7.38. The van der Waals surface area contributed by atoms with Gasteiger partial charge in [0.2, 0.25) is 5.91 Å². The molecular weight excluding hydrogens is 892 g/mol. The van der Waals surface area contributed by atoms with Crippen LogP contribution in [-0.4, -0.2) is 246 Å². The number of aliphatic hydroxyl groups is 9. The molecule has 0 saturated carbocycles. The number of nitrogens with two attached hydrogens (primary N) is 3. The third-order valence-electron chi connectivity index (χ3n) is 9.38.